The van der Waals surface area contributed by atoms with Crippen molar-refractivity contribution in [1.29, 1.82) is 5.41 Å². The van der Waals surface area contributed by atoms with Crippen molar-refractivity contribution in [2.24, 2.45) is 5.73 Å². The van der Waals surface area contributed by atoms with Gasteiger partial charge in [-0.05, 0) is 17.7 Å². The second kappa shape index (κ2) is 2.94. The molecule has 0 radical (unpaired) electrons. The molecule has 1 heterocycles. The van der Waals surface area contributed by atoms with Crippen LogP contribution < -0.4 is 11.1 Å². The lowest BCUT2D eigenvalue weighted by molar-refractivity contribution is 1.24. The van der Waals surface area contributed by atoms with Crippen LogP contribution in [0.1, 0.15) is 5.56 Å². The number of amidine groups is 1. The zero-order chi connectivity index (χ0) is 9.26. The van der Waals surface area contributed by atoms with E-state index in [1.165, 1.54) is 0 Å². The van der Waals surface area contributed by atoms with Crippen LogP contribution in [0.15, 0.2) is 29.8 Å². The summed E-state index contributed by atoms with van der Waals surface area (Å²) in [6.07, 6.45) is 1.95. The van der Waals surface area contributed by atoms with Crippen LogP contribution in [0, 0.1) is 5.41 Å². The molecular weight excluding hydrogens is 162 g/mol. The Balaban J connectivity index is 2.44. The van der Waals surface area contributed by atoms with Crippen molar-refractivity contribution >= 4 is 17.6 Å². The van der Waals surface area contributed by atoms with Gasteiger partial charge in [-0.15, -0.1) is 0 Å². The average molecular weight is 173 g/mol. The molecule has 0 aliphatic carbocycles. The van der Waals surface area contributed by atoms with E-state index in [0.717, 1.165) is 16.8 Å². The Morgan fingerprint density at radius 2 is 2.15 bits per heavy atom. The lowest BCUT2D eigenvalue weighted by Gasteiger charge is -2.17. The van der Waals surface area contributed by atoms with Gasteiger partial charge in [-0.3, -0.25) is 5.41 Å². The zero-order valence-electron chi connectivity index (χ0n) is 7.17. The van der Waals surface area contributed by atoms with Crippen LogP contribution >= 0.6 is 0 Å². The molecule has 0 amide bonds. The molecule has 3 heteroatoms. The number of benzene rings is 1. The summed E-state index contributed by atoms with van der Waals surface area (Å²) in [7, 11) is 0. The van der Waals surface area contributed by atoms with Crippen molar-refractivity contribution in [3.63, 3.8) is 0 Å². The van der Waals surface area contributed by atoms with Gasteiger partial charge in [0.25, 0.3) is 0 Å². The minimum atomic E-state index is 0.141. The third-order valence-corrected chi connectivity index (χ3v) is 2.11. The Kier molecular flexibility index (Phi) is 1.77. The van der Waals surface area contributed by atoms with Gasteiger partial charge in [0.15, 0.2) is 0 Å². The third-order valence-electron chi connectivity index (χ3n) is 2.11. The van der Waals surface area contributed by atoms with Gasteiger partial charge < -0.3 is 11.1 Å². The Hall–Kier alpha value is -1.77. The molecule has 66 valence electrons. The number of nitrogens with two attached hydrogens (primary N) is 1. The minimum absolute atomic E-state index is 0.141. The van der Waals surface area contributed by atoms with E-state index < -0.39 is 0 Å². The standard InChI is InChI=1S/C10H11N3/c11-10(12)8-5-7-3-1-2-4-9(7)13-6-8/h1-5,13H,6H2,(H3,11,12). The summed E-state index contributed by atoms with van der Waals surface area (Å²) in [5, 5.41) is 10.5. The van der Waals surface area contributed by atoms with E-state index >= 15 is 0 Å². The lowest BCUT2D eigenvalue weighted by Crippen LogP contribution is -2.22. The van der Waals surface area contributed by atoms with Crippen molar-refractivity contribution in [3.05, 3.63) is 35.4 Å². The van der Waals surface area contributed by atoms with E-state index in [-0.39, 0.29) is 5.84 Å². The van der Waals surface area contributed by atoms with Crippen LogP contribution in [0.3, 0.4) is 0 Å². The predicted octanol–water partition coefficient (Wildman–Crippen LogP) is 1.43. The normalized spacial score (nSPS) is 14.0. The van der Waals surface area contributed by atoms with Crippen molar-refractivity contribution in [3.8, 4) is 0 Å². The van der Waals surface area contributed by atoms with Crippen molar-refractivity contribution in [2.45, 2.75) is 0 Å². The zero-order valence-corrected chi connectivity index (χ0v) is 7.17. The average Bonchev–Trinajstić information content (AvgIpc) is 2.17. The molecule has 0 unspecified atom stereocenters. The van der Waals surface area contributed by atoms with Gasteiger partial charge in [0.2, 0.25) is 0 Å². The van der Waals surface area contributed by atoms with E-state index in [2.05, 4.69) is 5.32 Å². The Bertz CT molecular complexity index is 380. The number of fused-ring (bicyclic) bond motifs is 1. The Morgan fingerprint density at radius 3 is 2.92 bits per heavy atom. The molecule has 0 spiro atoms. The summed E-state index contributed by atoms with van der Waals surface area (Å²) in [6.45, 7) is 0.645. The first-order valence-electron chi connectivity index (χ1n) is 4.15. The van der Waals surface area contributed by atoms with Gasteiger partial charge in [-0.1, -0.05) is 18.2 Å². The summed E-state index contributed by atoms with van der Waals surface area (Å²) in [5.41, 5.74) is 8.45. The molecule has 0 saturated heterocycles. The second-order valence-corrected chi connectivity index (χ2v) is 3.02. The first-order valence-corrected chi connectivity index (χ1v) is 4.15. The molecular formula is C10H11N3. The van der Waals surface area contributed by atoms with Crippen LogP contribution in [0.5, 0.6) is 0 Å². The summed E-state index contributed by atoms with van der Waals surface area (Å²) in [4.78, 5) is 0. The summed E-state index contributed by atoms with van der Waals surface area (Å²) in [5.74, 6) is 0.141. The fraction of sp³-hybridized carbons (Fsp3) is 0.100. The summed E-state index contributed by atoms with van der Waals surface area (Å²) in [6, 6.07) is 7.98. The van der Waals surface area contributed by atoms with Gasteiger partial charge in [0.1, 0.15) is 5.84 Å². The highest BCUT2D eigenvalue weighted by atomic mass is 14.9. The van der Waals surface area contributed by atoms with Crippen molar-refractivity contribution in [1.82, 2.24) is 0 Å². The van der Waals surface area contributed by atoms with E-state index in [9.17, 15) is 0 Å². The molecule has 4 N–H and O–H groups in total. The largest absolute Gasteiger partial charge is 0.384 e. The topological polar surface area (TPSA) is 61.9 Å². The molecule has 0 aromatic heterocycles. The molecule has 0 atom stereocenters. The smallest absolute Gasteiger partial charge is 0.120 e. The maximum atomic E-state index is 7.30. The number of nitrogens with one attached hydrogen (secondary N) is 2. The molecule has 0 saturated carbocycles. The number of hydrogen-bond donors (Lipinski definition) is 3. The number of anilines is 1. The quantitative estimate of drug-likeness (QED) is 0.444. The highest BCUT2D eigenvalue weighted by molar-refractivity contribution is 6.01. The van der Waals surface area contributed by atoms with Crippen LogP contribution in [0.4, 0.5) is 5.69 Å². The molecule has 0 bridgehead atoms. The fourth-order valence-electron chi connectivity index (χ4n) is 1.39. The van der Waals surface area contributed by atoms with Crippen LogP contribution in [0.2, 0.25) is 0 Å². The molecule has 1 aromatic carbocycles. The van der Waals surface area contributed by atoms with Gasteiger partial charge in [0, 0.05) is 17.8 Å². The molecule has 2 rings (SSSR count). The second-order valence-electron chi connectivity index (χ2n) is 3.02. The van der Waals surface area contributed by atoms with E-state index in [0.29, 0.717) is 6.54 Å². The summed E-state index contributed by atoms with van der Waals surface area (Å²) >= 11 is 0. The van der Waals surface area contributed by atoms with Crippen molar-refractivity contribution in [2.75, 3.05) is 11.9 Å². The maximum Gasteiger partial charge on any atom is 0.120 e. The van der Waals surface area contributed by atoms with Gasteiger partial charge >= 0.3 is 0 Å². The highest BCUT2D eigenvalue weighted by Crippen LogP contribution is 2.22. The predicted molar refractivity (Wildman–Crippen MR) is 54.8 cm³/mol. The van der Waals surface area contributed by atoms with Gasteiger partial charge in [0.05, 0.1) is 0 Å². The van der Waals surface area contributed by atoms with Gasteiger partial charge in [-0.2, -0.15) is 0 Å². The highest BCUT2D eigenvalue weighted by Gasteiger charge is 2.09. The Morgan fingerprint density at radius 1 is 1.38 bits per heavy atom. The van der Waals surface area contributed by atoms with Gasteiger partial charge in [-0.25, -0.2) is 0 Å². The lowest BCUT2D eigenvalue weighted by atomic mass is 10.0. The van der Waals surface area contributed by atoms with Crippen LogP contribution in [-0.2, 0) is 0 Å². The number of hydrogen-bond acceptors (Lipinski definition) is 2. The molecule has 0 fully saturated rings. The summed E-state index contributed by atoms with van der Waals surface area (Å²) < 4.78 is 0. The van der Waals surface area contributed by atoms with Crippen LogP contribution in [0.25, 0.3) is 6.08 Å². The molecule has 1 aliphatic rings. The fourth-order valence-corrected chi connectivity index (χ4v) is 1.39. The molecule has 13 heavy (non-hydrogen) atoms. The molecule has 3 nitrogen and oxygen atoms in total. The monoisotopic (exact) mass is 173 g/mol. The first kappa shape index (κ1) is 7.86. The molecule has 1 aromatic rings. The first-order chi connectivity index (χ1) is 6.27. The van der Waals surface area contributed by atoms with E-state index in [1.807, 2.05) is 30.3 Å². The number of para-hydroxylation sites is 1. The molecule has 1 aliphatic heterocycles. The maximum absolute atomic E-state index is 7.30. The third kappa shape index (κ3) is 1.40. The van der Waals surface area contributed by atoms with E-state index in [4.69, 9.17) is 11.1 Å². The Labute approximate surface area is 76.8 Å². The van der Waals surface area contributed by atoms with Crippen LogP contribution in [-0.4, -0.2) is 12.4 Å². The SMILES string of the molecule is N=C(N)C1=Cc2ccccc2NC1. The minimum Gasteiger partial charge on any atom is -0.384 e. The van der Waals surface area contributed by atoms with E-state index in [1.54, 1.807) is 0 Å². The number of rotatable bonds is 1. The van der Waals surface area contributed by atoms with Crippen molar-refractivity contribution < 1.29 is 0 Å².